The summed E-state index contributed by atoms with van der Waals surface area (Å²) in [4.78, 5) is 0.369. The Morgan fingerprint density at radius 1 is 1.29 bits per heavy atom. The molecule has 4 nitrogen and oxygen atoms in total. The Bertz CT molecular complexity index is 557. The van der Waals surface area contributed by atoms with Crippen molar-refractivity contribution in [2.24, 2.45) is 5.92 Å². The molecule has 2 rings (SSSR count). The number of hydrogen-bond donors (Lipinski definition) is 2. The van der Waals surface area contributed by atoms with E-state index in [0.717, 1.165) is 31.2 Å². The van der Waals surface area contributed by atoms with Crippen LogP contribution in [-0.2, 0) is 16.6 Å². The van der Waals surface area contributed by atoms with E-state index in [9.17, 15) is 8.42 Å². The average Bonchev–Trinajstić information content (AvgIpc) is 2.48. The van der Waals surface area contributed by atoms with Crippen LogP contribution in [0.3, 0.4) is 0 Å². The molecule has 0 radical (unpaired) electrons. The molecule has 1 fully saturated rings. The van der Waals surface area contributed by atoms with Crippen LogP contribution in [0.2, 0.25) is 0 Å². The molecule has 0 aromatic heterocycles. The average molecular weight is 310 g/mol. The van der Waals surface area contributed by atoms with Gasteiger partial charge in [0.15, 0.2) is 0 Å². The quantitative estimate of drug-likeness (QED) is 0.849. The molecular formula is C16H26N2O2S. The van der Waals surface area contributed by atoms with Crippen molar-refractivity contribution in [3.8, 4) is 0 Å². The highest BCUT2D eigenvalue weighted by Crippen LogP contribution is 2.27. The normalized spacial score (nSPS) is 23.1. The maximum absolute atomic E-state index is 12.5. The Morgan fingerprint density at radius 3 is 2.81 bits per heavy atom. The molecule has 0 saturated heterocycles. The fourth-order valence-corrected chi connectivity index (χ4v) is 4.44. The van der Waals surface area contributed by atoms with Gasteiger partial charge in [-0.15, -0.1) is 0 Å². The van der Waals surface area contributed by atoms with E-state index < -0.39 is 10.0 Å². The van der Waals surface area contributed by atoms with E-state index >= 15 is 0 Å². The Kier molecular flexibility index (Phi) is 5.79. The highest BCUT2D eigenvalue weighted by molar-refractivity contribution is 7.89. The maximum atomic E-state index is 12.5. The van der Waals surface area contributed by atoms with Gasteiger partial charge in [0, 0.05) is 12.6 Å². The van der Waals surface area contributed by atoms with E-state index in [4.69, 9.17) is 0 Å². The summed E-state index contributed by atoms with van der Waals surface area (Å²) in [6.07, 6.45) is 5.39. The molecule has 0 bridgehead atoms. The molecule has 0 amide bonds. The molecule has 2 unspecified atom stereocenters. The van der Waals surface area contributed by atoms with Gasteiger partial charge >= 0.3 is 0 Å². The van der Waals surface area contributed by atoms with Crippen molar-refractivity contribution in [2.45, 2.75) is 56.5 Å². The second-order valence-corrected chi connectivity index (χ2v) is 7.65. The van der Waals surface area contributed by atoms with Crippen molar-refractivity contribution in [1.29, 1.82) is 0 Å². The summed E-state index contributed by atoms with van der Waals surface area (Å²) >= 11 is 0. The monoisotopic (exact) mass is 310 g/mol. The smallest absolute Gasteiger partial charge is 0.240 e. The largest absolute Gasteiger partial charge is 0.316 e. The predicted molar refractivity (Wildman–Crippen MR) is 85.6 cm³/mol. The topological polar surface area (TPSA) is 58.2 Å². The number of rotatable bonds is 6. The summed E-state index contributed by atoms with van der Waals surface area (Å²) in [6, 6.07) is 7.24. The van der Waals surface area contributed by atoms with Crippen LogP contribution in [0.5, 0.6) is 0 Å². The Labute approximate surface area is 128 Å². The maximum Gasteiger partial charge on any atom is 0.240 e. The number of sulfonamides is 1. The van der Waals surface area contributed by atoms with Crippen LogP contribution in [-0.4, -0.2) is 21.5 Å². The van der Waals surface area contributed by atoms with Crippen LogP contribution in [0, 0.1) is 5.92 Å². The molecule has 21 heavy (non-hydrogen) atoms. The molecule has 0 aliphatic heterocycles. The minimum Gasteiger partial charge on any atom is -0.316 e. The van der Waals surface area contributed by atoms with Crippen molar-refractivity contribution < 1.29 is 8.42 Å². The van der Waals surface area contributed by atoms with Crippen LogP contribution in [0.25, 0.3) is 0 Å². The second kappa shape index (κ2) is 7.38. The van der Waals surface area contributed by atoms with Crippen molar-refractivity contribution in [2.75, 3.05) is 7.05 Å². The van der Waals surface area contributed by atoms with Crippen molar-refractivity contribution in [3.05, 3.63) is 29.8 Å². The molecule has 0 heterocycles. The molecule has 0 spiro atoms. The highest BCUT2D eigenvalue weighted by Gasteiger charge is 2.25. The van der Waals surface area contributed by atoms with Crippen molar-refractivity contribution in [1.82, 2.24) is 10.0 Å². The van der Waals surface area contributed by atoms with Gasteiger partial charge in [-0.1, -0.05) is 38.3 Å². The lowest BCUT2D eigenvalue weighted by molar-refractivity contribution is 0.301. The highest BCUT2D eigenvalue weighted by atomic mass is 32.2. The Balaban J connectivity index is 2.09. The van der Waals surface area contributed by atoms with Crippen LogP contribution >= 0.6 is 0 Å². The van der Waals surface area contributed by atoms with Gasteiger partial charge < -0.3 is 5.32 Å². The summed E-state index contributed by atoms with van der Waals surface area (Å²) < 4.78 is 27.9. The minimum absolute atomic E-state index is 0.0849. The van der Waals surface area contributed by atoms with E-state index in [0.29, 0.717) is 17.4 Å². The molecule has 1 aromatic rings. The molecule has 1 aliphatic carbocycles. The number of nitrogens with one attached hydrogen (secondary N) is 2. The van der Waals surface area contributed by atoms with Crippen molar-refractivity contribution >= 4 is 10.0 Å². The standard InChI is InChI=1S/C16H26N2O2S/c1-3-13-6-4-8-15(10-13)18-21(19,20)16-9-5-7-14(11-16)12-17-2/h5,7,9,11,13,15,17-18H,3-4,6,8,10,12H2,1-2H3. The zero-order chi connectivity index (χ0) is 15.3. The van der Waals surface area contributed by atoms with Gasteiger partial charge in [0.25, 0.3) is 0 Å². The van der Waals surface area contributed by atoms with Gasteiger partial charge in [0.05, 0.1) is 4.90 Å². The molecule has 118 valence electrons. The van der Waals surface area contributed by atoms with Gasteiger partial charge in [-0.05, 0) is 43.5 Å². The van der Waals surface area contributed by atoms with E-state index in [1.54, 1.807) is 18.2 Å². The van der Waals surface area contributed by atoms with E-state index in [2.05, 4.69) is 17.0 Å². The van der Waals surface area contributed by atoms with Gasteiger partial charge in [0.2, 0.25) is 10.0 Å². The summed E-state index contributed by atoms with van der Waals surface area (Å²) in [5.74, 6) is 0.655. The first kappa shape index (κ1) is 16.5. The summed E-state index contributed by atoms with van der Waals surface area (Å²) in [5.41, 5.74) is 0.982. The second-order valence-electron chi connectivity index (χ2n) is 5.94. The van der Waals surface area contributed by atoms with E-state index in [1.807, 2.05) is 13.1 Å². The SMILES string of the molecule is CCC1CCCC(NS(=O)(=O)c2cccc(CNC)c2)C1. The van der Waals surface area contributed by atoms with Gasteiger partial charge in [-0.2, -0.15) is 0 Å². The third-order valence-electron chi connectivity index (χ3n) is 4.27. The lowest BCUT2D eigenvalue weighted by atomic mass is 9.85. The first-order chi connectivity index (χ1) is 10.0. The zero-order valence-electron chi connectivity index (χ0n) is 12.9. The molecule has 2 N–H and O–H groups in total. The predicted octanol–water partition coefficient (Wildman–Crippen LogP) is 2.65. The molecule has 5 heteroatoms. The lowest BCUT2D eigenvalue weighted by Crippen LogP contribution is -2.38. The third-order valence-corrected chi connectivity index (χ3v) is 5.79. The minimum atomic E-state index is -3.41. The zero-order valence-corrected chi connectivity index (χ0v) is 13.7. The summed E-state index contributed by atoms with van der Waals surface area (Å²) in [5, 5.41) is 3.04. The first-order valence-electron chi connectivity index (χ1n) is 7.81. The number of hydrogen-bond acceptors (Lipinski definition) is 3. The first-order valence-corrected chi connectivity index (χ1v) is 9.29. The van der Waals surface area contributed by atoms with Crippen LogP contribution < -0.4 is 10.0 Å². The van der Waals surface area contributed by atoms with E-state index in [1.165, 1.54) is 6.42 Å². The van der Waals surface area contributed by atoms with Gasteiger partial charge in [-0.3, -0.25) is 0 Å². The fourth-order valence-electron chi connectivity index (χ4n) is 3.08. The lowest BCUT2D eigenvalue weighted by Gasteiger charge is -2.28. The molecule has 1 aliphatic rings. The third kappa shape index (κ3) is 4.53. The molecule has 1 aromatic carbocycles. The molecule has 2 atom stereocenters. The number of benzene rings is 1. The summed E-state index contributed by atoms with van der Waals surface area (Å²) in [6.45, 7) is 2.85. The fraction of sp³-hybridized carbons (Fsp3) is 0.625. The van der Waals surface area contributed by atoms with Crippen LogP contribution in [0.1, 0.15) is 44.6 Å². The van der Waals surface area contributed by atoms with Crippen LogP contribution in [0.15, 0.2) is 29.2 Å². The molecule has 1 saturated carbocycles. The van der Waals surface area contributed by atoms with E-state index in [-0.39, 0.29) is 6.04 Å². The van der Waals surface area contributed by atoms with Crippen molar-refractivity contribution in [3.63, 3.8) is 0 Å². The molecular weight excluding hydrogens is 284 g/mol. The van der Waals surface area contributed by atoms with Gasteiger partial charge in [-0.25, -0.2) is 13.1 Å². The Morgan fingerprint density at radius 2 is 2.10 bits per heavy atom. The Hall–Kier alpha value is -0.910. The van der Waals surface area contributed by atoms with Gasteiger partial charge in [0.1, 0.15) is 0 Å². The van der Waals surface area contributed by atoms with Crippen LogP contribution in [0.4, 0.5) is 0 Å². The summed E-state index contributed by atoms with van der Waals surface area (Å²) in [7, 11) is -1.56.